The zero-order valence-corrected chi connectivity index (χ0v) is 11.8. The number of ether oxygens (including phenoxy) is 1. The normalized spacial score (nSPS) is 10.2. The molecule has 2 nitrogen and oxygen atoms in total. The number of carbonyl (C=O) groups is 1. The molecule has 18 heavy (non-hydrogen) atoms. The standard InChI is InChI=1S/C15H13BrO2/c1-10-3-5-14(7-11(10)2)18-15-6-4-13(16)8-12(15)9-17/h3-9H,1-2H3. The van der Waals surface area contributed by atoms with E-state index in [1.165, 1.54) is 5.56 Å². The molecule has 0 aliphatic rings. The smallest absolute Gasteiger partial charge is 0.153 e. The first-order valence-electron chi connectivity index (χ1n) is 5.60. The third-order valence-electron chi connectivity index (χ3n) is 2.80. The summed E-state index contributed by atoms with van der Waals surface area (Å²) >= 11 is 3.33. The van der Waals surface area contributed by atoms with Gasteiger partial charge in [-0.1, -0.05) is 22.0 Å². The van der Waals surface area contributed by atoms with Crippen molar-refractivity contribution in [3.8, 4) is 11.5 Å². The molecule has 0 heterocycles. The molecule has 0 aromatic heterocycles. The van der Waals surface area contributed by atoms with Gasteiger partial charge in [0.1, 0.15) is 11.5 Å². The molecule has 0 saturated carbocycles. The Morgan fingerprint density at radius 1 is 1.06 bits per heavy atom. The summed E-state index contributed by atoms with van der Waals surface area (Å²) in [5.41, 5.74) is 2.91. The Bertz CT molecular complexity index is 591. The van der Waals surface area contributed by atoms with Gasteiger partial charge in [-0.15, -0.1) is 0 Å². The number of rotatable bonds is 3. The summed E-state index contributed by atoms with van der Waals surface area (Å²) in [6.45, 7) is 4.08. The molecular formula is C15H13BrO2. The number of carbonyl (C=O) groups excluding carboxylic acids is 1. The molecule has 0 bridgehead atoms. The monoisotopic (exact) mass is 304 g/mol. The van der Waals surface area contributed by atoms with E-state index in [0.29, 0.717) is 11.3 Å². The number of hydrogen-bond donors (Lipinski definition) is 0. The molecule has 0 radical (unpaired) electrons. The Labute approximate surface area is 115 Å². The Kier molecular flexibility index (Phi) is 3.82. The molecule has 0 atom stereocenters. The van der Waals surface area contributed by atoms with Gasteiger partial charge in [0.05, 0.1) is 5.56 Å². The lowest BCUT2D eigenvalue weighted by Crippen LogP contribution is -1.91. The second-order valence-corrected chi connectivity index (χ2v) is 5.06. The number of hydrogen-bond acceptors (Lipinski definition) is 2. The van der Waals surface area contributed by atoms with E-state index in [2.05, 4.69) is 22.9 Å². The van der Waals surface area contributed by atoms with Crippen LogP contribution < -0.4 is 4.74 Å². The lowest BCUT2D eigenvalue weighted by atomic mass is 10.1. The van der Waals surface area contributed by atoms with Crippen LogP contribution in [0, 0.1) is 13.8 Å². The molecule has 2 rings (SSSR count). The highest BCUT2D eigenvalue weighted by molar-refractivity contribution is 9.10. The van der Waals surface area contributed by atoms with Gasteiger partial charge in [-0.2, -0.15) is 0 Å². The van der Waals surface area contributed by atoms with Crippen LogP contribution in [0.15, 0.2) is 40.9 Å². The molecule has 0 aliphatic heterocycles. The van der Waals surface area contributed by atoms with Crippen LogP contribution in [-0.2, 0) is 0 Å². The highest BCUT2D eigenvalue weighted by atomic mass is 79.9. The van der Waals surface area contributed by atoms with Crippen molar-refractivity contribution >= 4 is 22.2 Å². The minimum Gasteiger partial charge on any atom is -0.457 e. The van der Waals surface area contributed by atoms with Gasteiger partial charge in [0.2, 0.25) is 0 Å². The summed E-state index contributed by atoms with van der Waals surface area (Å²) < 4.78 is 6.60. The quantitative estimate of drug-likeness (QED) is 0.770. The van der Waals surface area contributed by atoms with Gasteiger partial charge in [-0.05, 0) is 55.3 Å². The molecule has 2 aromatic carbocycles. The van der Waals surface area contributed by atoms with Gasteiger partial charge in [-0.25, -0.2) is 0 Å². The van der Waals surface area contributed by atoms with Crippen molar-refractivity contribution in [1.82, 2.24) is 0 Å². The largest absolute Gasteiger partial charge is 0.457 e. The van der Waals surface area contributed by atoms with Gasteiger partial charge < -0.3 is 4.74 Å². The fraction of sp³-hybridized carbons (Fsp3) is 0.133. The van der Waals surface area contributed by atoms with Crippen LogP contribution in [0.4, 0.5) is 0 Å². The van der Waals surface area contributed by atoms with E-state index in [9.17, 15) is 4.79 Å². The number of aldehydes is 1. The fourth-order valence-electron chi connectivity index (χ4n) is 1.61. The first-order chi connectivity index (χ1) is 8.60. The Morgan fingerprint density at radius 3 is 2.50 bits per heavy atom. The number of aryl methyl sites for hydroxylation is 2. The molecule has 0 spiro atoms. The predicted octanol–water partition coefficient (Wildman–Crippen LogP) is 4.67. The second-order valence-electron chi connectivity index (χ2n) is 4.15. The summed E-state index contributed by atoms with van der Waals surface area (Å²) in [7, 11) is 0. The van der Waals surface area contributed by atoms with Crippen LogP contribution in [0.5, 0.6) is 11.5 Å². The van der Waals surface area contributed by atoms with Crippen molar-refractivity contribution in [2.75, 3.05) is 0 Å². The average Bonchev–Trinajstić information content (AvgIpc) is 2.36. The molecule has 3 heteroatoms. The van der Waals surface area contributed by atoms with E-state index in [0.717, 1.165) is 22.1 Å². The molecule has 0 fully saturated rings. The van der Waals surface area contributed by atoms with Gasteiger partial charge in [0, 0.05) is 4.47 Å². The average molecular weight is 305 g/mol. The minimum atomic E-state index is 0.530. The van der Waals surface area contributed by atoms with Crippen LogP contribution >= 0.6 is 15.9 Å². The summed E-state index contributed by atoms with van der Waals surface area (Å²) in [6, 6.07) is 11.2. The van der Waals surface area contributed by atoms with E-state index >= 15 is 0 Å². The summed E-state index contributed by atoms with van der Waals surface area (Å²) in [5, 5.41) is 0. The molecule has 0 unspecified atom stereocenters. The maximum absolute atomic E-state index is 11.0. The van der Waals surface area contributed by atoms with Crippen molar-refractivity contribution in [3.05, 3.63) is 57.6 Å². The minimum absolute atomic E-state index is 0.530. The molecule has 0 saturated heterocycles. The third kappa shape index (κ3) is 2.79. The van der Waals surface area contributed by atoms with Crippen molar-refractivity contribution in [2.45, 2.75) is 13.8 Å². The molecule has 2 aromatic rings. The van der Waals surface area contributed by atoms with Crippen LogP contribution in [0.1, 0.15) is 21.5 Å². The van der Waals surface area contributed by atoms with Gasteiger partial charge in [-0.3, -0.25) is 4.79 Å². The van der Waals surface area contributed by atoms with Crippen molar-refractivity contribution in [3.63, 3.8) is 0 Å². The SMILES string of the molecule is Cc1ccc(Oc2ccc(Br)cc2C=O)cc1C. The Morgan fingerprint density at radius 2 is 1.83 bits per heavy atom. The van der Waals surface area contributed by atoms with Crippen LogP contribution in [0.25, 0.3) is 0 Å². The van der Waals surface area contributed by atoms with Gasteiger partial charge >= 0.3 is 0 Å². The summed E-state index contributed by atoms with van der Waals surface area (Å²) in [4.78, 5) is 11.0. The number of halogens is 1. The Balaban J connectivity index is 2.33. The molecule has 0 aliphatic carbocycles. The highest BCUT2D eigenvalue weighted by Crippen LogP contribution is 2.28. The topological polar surface area (TPSA) is 26.3 Å². The predicted molar refractivity (Wildman–Crippen MR) is 75.5 cm³/mol. The van der Waals surface area contributed by atoms with Gasteiger partial charge in [0.15, 0.2) is 6.29 Å². The summed E-state index contributed by atoms with van der Waals surface area (Å²) in [5.74, 6) is 1.31. The van der Waals surface area contributed by atoms with Crippen molar-refractivity contribution < 1.29 is 9.53 Å². The lowest BCUT2D eigenvalue weighted by Gasteiger charge is -2.10. The third-order valence-corrected chi connectivity index (χ3v) is 3.30. The van der Waals surface area contributed by atoms with E-state index in [1.54, 1.807) is 12.1 Å². The maximum Gasteiger partial charge on any atom is 0.153 e. The fourth-order valence-corrected chi connectivity index (χ4v) is 1.99. The van der Waals surface area contributed by atoms with E-state index in [-0.39, 0.29) is 0 Å². The zero-order chi connectivity index (χ0) is 13.1. The molecule has 0 N–H and O–H groups in total. The first kappa shape index (κ1) is 12.8. The van der Waals surface area contributed by atoms with Crippen molar-refractivity contribution in [2.24, 2.45) is 0 Å². The van der Waals surface area contributed by atoms with E-state index in [4.69, 9.17) is 4.74 Å². The lowest BCUT2D eigenvalue weighted by molar-refractivity contribution is 0.112. The van der Waals surface area contributed by atoms with E-state index in [1.807, 2.05) is 31.2 Å². The van der Waals surface area contributed by atoms with Gasteiger partial charge in [0.25, 0.3) is 0 Å². The summed E-state index contributed by atoms with van der Waals surface area (Å²) in [6.07, 6.45) is 0.793. The van der Waals surface area contributed by atoms with Crippen LogP contribution in [0.2, 0.25) is 0 Å². The van der Waals surface area contributed by atoms with Crippen LogP contribution in [-0.4, -0.2) is 6.29 Å². The highest BCUT2D eigenvalue weighted by Gasteiger charge is 2.05. The maximum atomic E-state index is 11.0. The number of benzene rings is 2. The molecule has 92 valence electrons. The van der Waals surface area contributed by atoms with Crippen molar-refractivity contribution in [1.29, 1.82) is 0 Å². The zero-order valence-electron chi connectivity index (χ0n) is 10.2. The molecule has 0 amide bonds. The Hall–Kier alpha value is -1.61. The second kappa shape index (κ2) is 5.36. The molecular weight excluding hydrogens is 292 g/mol. The van der Waals surface area contributed by atoms with Crippen LogP contribution in [0.3, 0.4) is 0 Å². The first-order valence-corrected chi connectivity index (χ1v) is 6.39. The van der Waals surface area contributed by atoms with E-state index < -0.39 is 0 Å².